The maximum Gasteiger partial charge on any atom is 0.186 e. The van der Waals surface area contributed by atoms with Gasteiger partial charge in [-0.25, -0.2) is 0 Å². The van der Waals surface area contributed by atoms with Gasteiger partial charge in [-0.1, -0.05) is 12.1 Å². The number of unbranched alkanes of at least 4 members (excludes halogenated alkanes) is 1. The minimum Gasteiger partial charge on any atom is -0.394 e. The average molecular weight is 644 g/mol. The predicted molar refractivity (Wildman–Crippen MR) is 153 cm³/mol. The highest BCUT2D eigenvalue weighted by molar-refractivity contribution is 6.18. The number of hydroxylamine groups is 2. The molecule has 1 unspecified atom stereocenters. The van der Waals surface area contributed by atoms with Crippen LogP contribution in [0, 0.1) is 0 Å². The van der Waals surface area contributed by atoms with E-state index in [1.54, 1.807) is 0 Å². The maximum atomic E-state index is 10.6. The van der Waals surface area contributed by atoms with Gasteiger partial charge in [0.05, 0.1) is 20.3 Å². The Morgan fingerprint density at radius 3 is 1.98 bits per heavy atom. The highest BCUT2D eigenvalue weighted by Crippen LogP contribution is 2.27. The summed E-state index contributed by atoms with van der Waals surface area (Å²) in [6.45, 7) is 0.726. The summed E-state index contributed by atoms with van der Waals surface area (Å²) >= 11 is 11.8. The fourth-order valence-electron chi connectivity index (χ4n) is 5.07. The van der Waals surface area contributed by atoms with Gasteiger partial charge in [-0.2, -0.15) is 5.06 Å². The molecule has 0 bridgehead atoms. The summed E-state index contributed by atoms with van der Waals surface area (Å²) in [6, 6.07) is 8.21. The van der Waals surface area contributed by atoms with Crippen LogP contribution in [0.4, 0.5) is 5.69 Å². The molecule has 0 spiro atoms. The SMILES string of the molecule is CON(CCCCc1ccc(N(CCCl)CCCl)cc1)C1O[C@H](CO[C@H]2O[C@H](CO)[C@H](O)[C@H](O)[C@H]2O)[C@@H](O)[C@H](O)[C@H]1O. The molecular formula is C27H44Cl2N2O11. The topological polar surface area (TPSA) is 185 Å². The van der Waals surface area contributed by atoms with Crippen LogP contribution in [-0.4, -0.2) is 154 Å². The highest BCUT2D eigenvalue weighted by Gasteiger charge is 2.48. The van der Waals surface area contributed by atoms with Crippen LogP contribution in [0.1, 0.15) is 18.4 Å². The fourth-order valence-corrected chi connectivity index (χ4v) is 5.48. The first-order valence-electron chi connectivity index (χ1n) is 14.0. The number of anilines is 1. The Balaban J connectivity index is 1.52. The molecule has 0 amide bonds. The highest BCUT2D eigenvalue weighted by atomic mass is 35.5. The van der Waals surface area contributed by atoms with E-state index in [1.807, 2.05) is 12.1 Å². The number of alkyl halides is 2. The second kappa shape index (κ2) is 17.6. The number of aryl methyl sites for hydroxylation is 1. The summed E-state index contributed by atoms with van der Waals surface area (Å²) < 4.78 is 16.7. The molecule has 242 valence electrons. The van der Waals surface area contributed by atoms with Crippen LogP contribution in [0.3, 0.4) is 0 Å². The Bertz CT molecular complexity index is 899. The minimum atomic E-state index is -1.64. The quantitative estimate of drug-likeness (QED) is 0.0647. The summed E-state index contributed by atoms with van der Waals surface area (Å²) in [5.74, 6) is 1.02. The lowest BCUT2D eigenvalue weighted by atomic mass is 9.97. The number of nitrogens with zero attached hydrogens (tertiary/aromatic N) is 2. The number of benzene rings is 1. The number of aliphatic hydroxyl groups excluding tert-OH is 7. The normalized spacial score (nSPS) is 33.7. The lowest BCUT2D eigenvalue weighted by Gasteiger charge is -2.45. The number of ether oxygens (including phenoxy) is 3. The molecule has 0 saturated carbocycles. The summed E-state index contributed by atoms with van der Waals surface area (Å²) in [5, 5.41) is 72.5. The number of hydrogen-bond donors (Lipinski definition) is 7. The van der Waals surface area contributed by atoms with Crippen molar-refractivity contribution in [2.75, 3.05) is 56.6 Å². The molecule has 2 aliphatic rings. The standard InChI is InChI=1S/C27H44Cl2N2O11/c1-39-31(11-3-2-4-16-5-7-17(8-6-16)30(12-9-28)13-10-29)26-24(37)22(35)21(34)19(41-26)15-40-27-25(38)23(36)20(33)18(14-32)42-27/h5-8,18-27,32-38H,2-4,9-15H2,1H3/t18-,19-,20+,21-,22+,23+,24-,25-,26?,27+/m1/s1. The van der Waals surface area contributed by atoms with Crippen molar-refractivity contribution in [2.24, 2.45) is 0 Å². The van der Waals surface area contributed by atoms with E-state index >= 15 is 0 Å². The molecule has 3 rings (SSSR count). The molecule has 1 aromatic rings. The summed E-state index contributed by atoms with van der Waals surface area (Å²) in [7, 11) is 1.40. The van der Waals surface area contributed by atoms with Gasteiger partial charge in [0.2, 0.25) is 0 Å². The van der Waals surface area contributed by atoms with E-state index in [-0.39, 0.29) is 0 Å². The molecule has 42 heavy (non-hydrogen) atoms. The summed E-state index contributed by atoms with van der Waals surface area (Å²) in [4.78, 5) is 7.56. The first kappa shape index (κ1) is 35.6. The Labute approximate surface area is 255 Å². The first-order chi connectivity index (χ1) is 20.2. The third kappa shape index (κ3) is 9.08. The van der Waals surface area contributed by atoms with Gasteiger partial charge in [0.15, 0.2) is 12.5 Å². The van der Waals surface area contributed by atoms with E-state index in [2.05, 4.69) is 17.0 Å². The van der Waals surface area contributed by atoms with Crippen LogP contribution in [0.25, 0.3) is 0 Å². The predicted octanol–water partition coefficient (Wildman–Crippen LogP) is -1.22. The Kier molecular flexibility index (Phi) is 14.9. The molecule has 2 saturated heterocycles. The van der Waals surface area contributed by atoms with Crippen LogP contribution < -0.4 is 4.90 Å². The molecule has 2 heterocycles. The third-order valence-electron chi connectivity index (χ3n) is 7.58. The van der Waals surface area contributed by atoms with E-state index < -0.39 is 74.6 Å². The molecule has 2 aliphatic heterocycles. The van der Waals surface area contributed by atoms with Gasteiger partial charge >= 0.3 is 0 Å². The summed E-state index contributed by atoms with van der Waals surface area (Å²) in [5.41, 5.74) is 2.21. The van der Waals surface area contributed by atoms with Gasteiger partial charge in [-0.3, -0.25) is 4.84 Å². The lowest BCUT2D eigenvalue weighted by molar-refractivity contribution is -0.343. The Morgan fingerprint density at radius 2 is 1.38 bits per heavy atom. The van der Waals surface area contributed by atoms with Crippen LogP contribution in [0.5, 0.6) is 0 Å². The molecule has 10 atom stereocenters. The van der Waals surface area contributed by atoms with Gasteiger partial charge in [-0.05, 0) is 37.0 Å². The Morgan fingerprint density at radius 1 is 0.762 bits per heavy atom. The van der Waals surface area contributed by atoms with Crippen LogP contribution >= 0.6 is 23.2 Å². The van der Waals surface area contributed by atoms with Crippen molar-refractivity contribution in [3.05, 3.63) is 29.8 Å². The molecular weight excluding hydrogens is 599 g/mol. The van der Waals surface area contributed by atoms with E-state index in [0.29, 0.717) is 37.8 Å². The van der Waals surface area contributed by atoms with E-state index in [9.17, 15) is 35.7 Å². The van der Waals surface area contributed by atoms with E-state index in [4.69, 9.17) is 42.3 Å². The second-order valence-electron chi connectivity index (χ2n) is 10.4. The van der Waals surface area contributed by atoms with Crippen molar-refractivity contribution in [3.63, 3.8) is 0 Å². The molecule has 7 N–H and O–H groups in total. The van der Waals surface area contributed by atoms with Gasteiger partial charge < -0.3 is 54.9 Å². The minimum absolute atomic E-state index is 0.346. The number of halogens is 2. The number of aliphatic hydroxyl groups is 7. The molecule has 0 radical (unpaired) electrons. The number of rotatable bonds is 16. The van der Waals surface area contributed by atoms with E-state index in [0.717, 1.165) is 24.1 Å². The van der Waals surface area contributed by atoms with Gasteiger partial charge in [0.25, 0.3) is 0 Å². The molecule has 0 aliphatic carbocycles. The van der Waals surface area contributed by atoms with Crippen LogP contribution in [0.15, 0.2) is 24.3 Å². The zero-order chi connectivity index (χ0) is 30.8. The number of hydrogen-bond acceptors (Lipinski definition) is 13. The van der Waals surface area contributed by atoms with Crippen molar-refractivity contribution >= 4 is 28.9 Å². The second-order valence-corrected chi connectivity index (χ2v) is 11.1. The molecule has 15 heteroatoms. The third-order valence-corrected chi connectivity index (χ3v) is 7.92. The fraction of sp³-hybridized carbons (Fsp3) is 0.778. The first-order valence-corrected chi connectivity index (χ1v) is 15.1. The largest absolute Gasteiger partial charge is 0.394 e. The Hall–Kier alpha value is -0.880. The van der Waals surface area contributed by atoms with Gasteiger partial charge in [0, 0.05) is 37.1 Å². The van der Waals surface area contributed by atoms with Crippen molar-refractivity contribution in [1.82, 2.24) is 5.06 Å². The average Bonchev–Trinajstić information content (AvgIpc) is 3.00. The zero-order valence-corrected chi connectivity index (χ0v) is 25.1. The molecule has 1 aromatic carbocycles. The lowest BCUT2D eigenvalue weighted by Crippen LogP contribution is -2.64. The van der Waals surface area contributed by atoms with Crippen molar-refractivity contribution in [1.29, 1.82) is 0 Å². The van der Waals surface area contributed by atoms with Gasteiger partial charge in [-0.15, -0.1) is 23.2 Å². The summed E-state index contributed by atoms with van der Waals surface area (Å²) in [6.07, 6.45) is -12.2. The monoisotopic (exact) mass is 642 g/mol. The van der Waals surface area contributed by atoms with Crippen molar-refractivity contribution < 1.29 is 54.8 Å². The van der Waals surface area contributed by atoms with Crippen LogP contribution in [-0.2, 0) is 25.5 Å². The van der Waals surface area contributed by atoms with Crippen LogP contribution in [0.2, 0.25) is 0 Å². The molecule has 2 fully saturated rings. The van der Waals surface area contributed by atoms with Gasteiger partial charge in [0.1, 0.15) is 48.8 Å². The van der Waals surface area contributed by atoms with Crippen molar-refractivity contribution in [3.8, 4) is 0 Å². The molecule has 0 aromatic heterocycles. The zero-order valence-electron chi connectivity index (χ0n) is 23.6. The maximum absolute atomic E-state index is 10.6. The molecule has 13 nitrogen and oxygen atoms in total. The smallest absolute Gasteiger partial charge is 0.186 e. The van der Waals surface area contributed by atoms with Crippen molar-refractivity contribution in [2.45, 2.75) is 80.6 Å². The van der Waals surface area contributed by atoms with E-state index in [1.165, 1.54) is 12.2 Å².